The van der Waals surface area contributed by atoms with Crippen molar-refractivity contribution in [2.45, 2.75) is 26.8 Å². The lowest BCUT2D eigenvalue weighted by atomic mass is 10.1. The zero-order valence-electron chi connectivity index (χ0n) is 15.5. The van der Waals surface area contributed by atoms with E-state index in [4.69, 9.17) is 4.74 Å². The van der Waals surface area contributed by atoms with Crippen LogP contribution in [0.15, 0.2) is 54.2 Å². The van der Waals surface area contributed by atoms with Crippen molar-refractivity contribution in [2.75, 3.05) is 7.11 Å². The average Bonchev–Trinajstić information content (AvgIpc) is 2.61. The third-order valence-electron chi connectivity index (χ3n) is 3.65. The number of methoxy groups -OCH3 is 1. The van der Waals surface area contributed by atoms with Gasteiger partial charge in [0.15, 0.2) is 0 Å². The lowest BCUT2D eigenvalue weighted by molar-refractivity contribution is -0.118. The third kappa shape index (κ3) is 5.48. The van der Waals surface area contributed by atoms with Crippen LogP contribution in [0, 0.1) is 6.92 Å². The number of carbonyl (C=O) groups is 2. The van der Waals surface area contributed by atoms with Crippen molar-refractivity contribution in [3.05, 3.63) is 70.9 Å². The molecular weight excluding hydrogens is 328 g/mol. The van der Waals surface area contributed by atoms with Crippen LogP contribution in [0.5, 0.6) is 5.75 Å². The van der Waals surface area contributed by atoms with Gasteiger partial charge in [0.05, 0.1) is 7.11 Å². The lowest BCUT2D eigenvalue weighted by Crippen LogP contribution is -2.38. The molecule has 0 saturated heterocycles. The monoisotopic (exact) mass is 352 g/mol. The van der Waals surface area contributed by atoms with Gasteiger partial charge >= 0.3 is 0 Å². The van der Waals surface area contributed by atoms with Gasteiger partial charge in [-0.2, -0.15) is 0 Å². The fraction of sp³-hybridized carbons (Fsp3) is 0.238. The third-order valence-corrected chi connectivity index (χ3v) is 3.65. The van der Waals surface area contributed by atoms with Crippen molar-refractivity contribution in [3.63, 3.8) is 0 Å². The van der Waals surface area contributed by atoms with Crippen molar-refractivity contribution >= 4 is 17.9 Å². The number of hydrogen-bond acceptors (Lipinski definition) is 3. The smallest absolute Gasteiger partial charge is 0.268 e. The van der Waals surface area contributed by atoms with Gasteiger partial charge in [0, 0.05) is 11.6 Å². The van der Waals surface area contributed by atoms with Crippen LogP contribution in [0.3, 0.4) is 0 Å². The molecule has 0 saturated carbocycles. The van der Waals surface area contributed by atoms with Crippen molar-refractivity contribution in [1.82, 2.24) is 10.6 Å². The fourth-order valence-electron chi connectivity index (χ4n) is 2.26. The molecule has 5 nitrogen and oxygen atoms in total. The van der Waals surface area contributed by atoms with Crippen LogP contribution in [0.25, 0.3) is 6.08 Å². The largest absolute Gasteiger partial charge is 0.497 e. The van der Waals surface area contributed by atoms with Gasteiger partial charge in [-0.15, -0.1) is 0 Å². The van der Waals surface area contributed by atoms with E-state index in [1.54, 1.807) is 37.5 Å². The molecule has 0 spiro atoms. The summed E-state index contributed by atoms with van der Waals surface area (Å²) in [5.74, 6) is 0.0546. The Balaban J connectivity index is 2.27. The number of nitrogens with one attached hydrogen (secondary N) is 2. The van der Waals surface area contributed by atoms with Crippen LogP contribution in [0.1, 0.15) is 35.3 Å². The summed E-state index contributed by atoms with van der Waals surface area (Å²) in [6, 6.07) is 14.4. The average molecular weight is 352 g/mol. The summed E-state index contributed by atoms with van der Waals surface area (Å²) in [4.78, 5) is 25.0. The molecule has 0 fully saturated rings. The molecule has 0 radical (unpaired) electrons. The van der Waals surface area contributed by atoms with E-state index in [1.807, 2.05) is 45.0 Å². The van der Waals surface area contributed by atoms with Gasteiger partial charge in [0.1, 0.15) is 11.4 Å². The van der Waals surface area contributed by atoms with E-state index >= 15 is 0 Å². The second kappa shape index (κ2) is 8.85. The Hall–Kier alpha value is -3.08. The normalized spacial score (nSPS) is 11.2. The van der Waals surface area contributed by atoms with Crippen LogP contribution >= 0.6 is 0 Å². The zero-order chi connectivity index (χ0) is 19.1. The highest BCUT2D eigenvalue weighted by molar-refractivity contribution is 6.05. The Kier molecular flexibility index (Phi) is 6.55. The lowest BCUT2D eigenvalue weighted by Gasteiger charge is -2.13. The summed E-state index contributed by atoms with van der Waals surface area (Å²) in [6.45, 7) is 5.68. The van der Waals surface area contributed by atoms with E-state index in [2.05, 4.69) is 10.6 Å². The molecule has 5 heteroatoms. The number of rotatable bonds is 6. The van der Waals surface area contributed by atoms with E-state index < -0.39 is 0 Å². The van der Waals surface area contributed by atoms with Crippen LogP contribution in [0.4, 0.5) is 0 Å². The number of ether oxygens (including phenoxy) is 1. The molecule has 2 aromatic carbocycles. The van der Waals surface area contributed by atoms with Gasteiger partial charge in [-0.25, -0.2) is 0 Å². The Morgan fingerprint density at radius 2 is 1.62 bits per heavy atom. The first-order valence-corrected chi connectivity index (χ1v) is 8.43. The van der Waals surface area contributed by atoms with Crippen molar-refractivity contribution in [2.24, 2.45) is 0 Å². The van der Waals surface area contributed by atoms with E-state index in [1.165, 1.54) is 0 Å². The summed E-state index contributed by atoms with van der Waals surface area (Å²) in [5.41, 5.74) is 2.53. The first-order chi connectivity index (χ1) is 12.4. The highest BCUT2D eigenvalue weighted by Gasteiger charge is 2.15. The van der Waals surface area contributed by atoms with Gasteiger partial charge in [0.2, 0.25) is 0 Å². The van der Waals surface area contributed by atoms with Gasteiger partial charge in [0.25, 0.3) is 11.8 Å². The van der Waals surface area contributed by atoms with E-state index in [-0.39, 0.29) is 23.6 Å². The number of carbonyl (C=O) groups excluding carboxylic acids is 2. The molecule has 0 bridgehead atoms. The van der Waals surface area contributed by atoms with Gasteiger partial charge in [-0.1, -0.05) is 29.8 Å². The molecule has 0 atom stereocenters. The fourth-order valence-corrected chi connectivity index (χ4v) is 2.26. The molecule has 2 rings (SSSR count). The molecule has 2 N–H and O–H groups in total. The predicted octanol–water partition coefficient (Wildman–Crippen LogP) is 3.30. The van der Waals surface area contributed by atoms with Crippen molar-refractivity contribution in [3.8, 4) is 5.75 Å². The van der Waals surface area contributed by atoms with Gasteiger partial charge in [-0.3, -0.25) is 9.59 Å². The highest BCUT2D eigenvalue weighted by Crippen LogP contribution is 2.14. The van der Waals surface area contributed by atoms with Gasteiger partial charge in [-0.05, 0) is 56.7 Å². The Morgan fingerprint density at radius 3 is 2.15 bits per heavy atom. The maximum atomic E-state index is 12.5. The molecule has 136 valence electrons. The quantitative estimate of drug-likeness (QED) is 0.784. The number of benzene rings is 2. The first kappa shape index (κ1) is 19.2. The summed E-state index contributed by atoms with van der Waals surface area (Å²) in [7, 11) is 1.59. The standard InChI is InChI=1S/C21H24N2O3/c1-14(2)22-21(25)19(13-16-7-11-18(26-4)12-8-16)23-20(24)17-9-5-15(3)6-10-17/h5-14H,1-4H3,(H,22,25)(H,23,24)/b19-13+. The summed E-state index contributed by atoms with van der Waals surface area (Å²) in [5, 5.41) is 5.52. The zero-order valence-corrected chi connectivity index (χ0v) is 15.5. The second-order valence-electron chi connectivity index (χ2n) is 6.28. The molecule has 0 aromatic heterocycles. The van der Waals surface area contributed by atoms with Crippen LogP contribution in [0.2, 0.25) is 0 Å². The molecule has 2 aromatic rings. The molecule has 0 unspecified atom stereocenters. The van der Waals surface area contributed by atoms with Crippen LogP contribution in [-0.4, -0.2) is 25.0 Å². The first-order valence-electron chi connectivity index (χ1n) is 8.43. The topological polar surface area (TPSA) is 67.4 Å². The maximum Gasteiger partial charge on any atom is 0.268 e. The second-order valence-corrected chi connectivity index (χ2v) is 6.28. The predicted molar refractivity (Wildman–Crippen MR) is 103 cm³/mol. The van der Waals surface area contributed by atoms with Crippen molar-refractivity contribution < 1.29 is 14.3 Å². The molecule has 0 aliphatic rings. The molecule has 0 heterocycles. The maximum absolute atomic E-state index is 12.5. The van der Waals surface area contributed by atoms with Crippen LogP contribution < -0.4 is 15.4 Å². The minimum atomic E-state index is -0.337. The van der Waals surface area contributed by atoms with Crippen LogP contribution in [-0.2, 0) is 4.79 Å². The highest BCUT2D eigenvalue weighted by atomic mass is 16.5. The molecule has 0 aliphatic heterocycles. The van der Waals surface area contributed by atoms with Crippen molar-refractivity contribution in [1.29, 1.82) is 0 Å². The Bertz CT molecular complexity index is 791. The molecule has 2 amide bonds. The molecule has 0 aliphatic carbocycles. The minimum absolute atomic E-state index is 0.0435. The summed E-state index contributed by atoms with van der Waals surface area (Å²) >= 11 is 0. The summed E-state index contributed by atoms with van der Waals surface area (Å²) < 4.78 is 5.14. The minimum Gasteiger partial charge on any atom is -0.497 e. The number of aryl methyl sites for hydroxylation is 1. The Labute approximate surface area is 154 Å². The SMILES string of the molecule is COc1ccc(/C=C(/NC(=O)c2ccc(C)cc2)C(=O)NC(C)C)cc1. The van der Waals surface area contributed by atoms with E-state index in [0.29, 0.717) is 5.56 Å². The Morgan fingerprint density at radius 1 is 1.00 bits per heavy atom. The number of amides is 2. The van der Waals surface area contributed by atoms with E-state index in [0.717, 1.165) is 16.9 Å². The van der Waals surface area contributed by atoms with E-state index in [9.17, 15) is 9.59 Å². The summed E-state index contributed by atoms with van der Waals surface area (Å²) in [6.07, 6.45) is 1.64. The number of hydrogen-bond donors (Lipinski definition) is 2. The van der Waals surface area contributed by atoms with Gasteiger partial charge < -0.3 is 15.4 Å². The molecular formula is C21H24N2O3. The molecule has 26 heavy (non-hydrogen) atoms.